The predicted molar refractivity (Wildman–Crippen MR) is 56.4 cm³/mol. The highest BCUT2D eigenvalue weighted by molar-refractivity contribution is 5.52. The molecule has 1 rings (SSSR count). The number of ether oxygens (including phenoxy) is 1. The smallest absolute Gasteiger partial charge is 0.135 e. The Morgan fingerprint density at radius 3 is 2.64 bits per heavy atom. The van der Waals surface area contributed by atoms with Gasteiger partial charge in [0.1, 0.15) is 12.4 Å². The van der Waals surface area contributed by atoms with Crippen molar-refractivity contribution in [2.45, 2.75) is 13.8 Å². The lowest BCUT2D eigenvalue weighted by molar-refractivity contribution is 0.350. The molecule has 0 radical (unpaired) electrons. The summed E-state index contributed by atoms with van der Waals surface area (Å²) in [5, 5.41) is 8.62. The zero-order valence-corrected chi connectivity index (χ0v) is 8.72. The first-order chi connectivity index (χ1) is 6.69. The molecule has 0 aliphatic heterocycles. The molecular weight excluding hydrogens is 176 g/mol. The Kier molecular flexibility index (Phi) is 3.55. The van der Waals surface area contributed by atoms with Crippen molar-refractivity contribution in [3.63, 3.8) is 0 Å². The second-order valence-electron chi connectivity index (χ2n) is 3.12. The highest BCUT2D eigenvalue weighted by Gasteiger charge is 2.04. The van der Waals surface area contributed by atoms with Crippen molar-refractivity contribution >= 4 is 0 Å². The Bertz CT molecular complexity index is 383. The van der Waals surface area contributed by atoms with Gasteiger partial charge in [-0.15, -0.1) is 0 Å². The van der Waals surface area contributed by atoms with Crippen LogP contribution in [-0.2, 0) is 0 Å². The van der Waals surface area contributed by atoms with Crippen molar-refractivity contribution in [2.75, 3.05) is 13.7 Å². The number of aliphatic hydroxyl groups excluding tert-OH is 1. The van der Waals surface area contributed by atoms with E-state index in [4.69, 9.17) is 9.84 Å². The summed E-state index contributed by atoms with van der Waals surface area (Å²) in [7, 11) is 1.62. The van der Waals surface area contributed by atoms with E-state index in [1.54, 1.807) is 7.11 Å². The van der Waals surface area contributed by atoms with Crippen molar-refractivity contribution in [3.8, 4) is 17.6 Å². The SMILES string of the molecule is COc1cc(C)cc(C)c1C#CCO. The molecule has 0 saturated heterocycles. The van der Waals surface area contributed by atoms with E-state index in [-0.39, 0.29) is 6.61 Å². The van der Waals surface area contributed by atoms with Gasteiger partial charge < -0.3 is 9.84 Å². The van der Waals surface area contributed by atoms with E-state index in [1.807, 2.05) is 26.0 Å². The molecule has 0 atom stereocenters. The molecule has 0 saturated carbocycles. The maximum atomic E-state index is 8.62. The number of aliphatic hydroxyl groups is 1. The fourth-order valence-corrected chi connectivity index (χ4v) is 1.38. The Hall–Kier alpha value is -1.46. The second kappa shape index (κ2) is 4.69. The van der Waals surface area contributed by atoms with Crippen molar-refractivity contribution in [1.82, 2.24) is 0 Å². The predicted octanol–water partition coefficient (Wildman–Crippen LogP) is 1.66. The first kappa shape index (κ1) is 10.6. The van der Waals surface area contributed by atoms with Crippen LogP contribution in [0.2, 0.25) is 0 Å². The third-order valence-corrected chi connectivity index (χ3v) is 1.96. The zero-order valence-electron chi connectivity index (χ0n) is 8.72. The minimum atomic E-state index is -0.129. The number of hydrogen-bond acceptors (Lipinski definition) is 2. The molecule has 0 aromatic heterocycles. The van der Waals surface area contributed by atoms with Crippen LogP contribution < -0.4 is 4.74 Å². The molecule has 1 N–H and O–H groups in total. The maximum absolute atomic E-state index is 8.62. The highest BCUT2D eigenvalue weighted by Crippen LogP contribution is 2.22. The summed E-state index contributed by atoms with van der Waals surface area (Å²) in [5.41, 5.74) is 3.07. The third kappa shape index (κ3) is 2.27. The quantitative estimate of drug-likeness (QED) is 0.682. The molecule has 0 amide bonds. The van der Waals surface area contributed by atoms with Gasteiger partial charge in [-0.2, -0.15) is 0 Å². The van der Waals surface area contributed by atoms with Crippen molar-refractivity contribution in [1.29, 1.82) is 0 Å². The van der Waals surface area contributed by atoms with E-state index < -0.39 is 0 Å². The first-order valence-electron chi connectivity index (χ1n) is 4.44. The van der Waals surface area contributed by atoms with Gasteiger partial charge in [-0.3, -0.25) is 0 Å². The van der Waals surface area contributed by atoms with Crippen LogP contribution in [0.3, 0.4) is 0 Å². The van der Waals surface area contributed by atoms with Crippen LogP contribution in [0, 0.1) is 25.7 Å². The van der Waals surface area contributed by atoms with E-state index >= 15 is 0 Å². The van der Waals surface area contributed by atoms with Crippen molar-refractivity contribution in [3.05, 3.63) is 28.8 Å². The minimum absolute atomic E-state index is 0.129. The van der Waals surface area contributed by atoms with E-state index in [2.05, 4.69) is 11.8 Å². The van der Waals surface area contributed by atoms with Gasteiger partial charge in [-0.1, -0.05) is 17.9 Å². The summed E-state index contributed by atoms with van der Waals surface area (Å²) < 4.78 is 5.22. The summed E-state index contributed by atoms with van der Waals surface area (Å²) in [6.07, 6.45) is 0. The standard InChI is InChI=1S/C12H14O2/c1-9-7-10(2)11(5-4-6-13)12(8-9)14-3/h7-8,13H,6H2,1-3H3. The van der Waals surface area contributed by atoms with E-state index in [0.29, 0.717) is 0 Å². The summed E-state index contributed by atoms with van der Waals surface area (Å²) in [5.74, 6) is 6.28. The molecule has 1 aromatic rings. The fourth-order valence-electron chi connectivity index (χ4n) is 1.38. The normalized spacial score (nSPS) is 9.14. The van der Waals surface area contributed by atoms with Gasteiger partial charge >= 0.3 is 0 Å². The number of methoxy groups -OCH3 is 1. The molecule has 0 unspecified atom stereocenters. The van der Waals surface area contributed by atoms with Crippen LogP contribution in [0.5, 0.6) is 5.75 Å². The molecule has 0 aliphatic carbocycles. The molecule has 2 nitrogen and oxygen atoms in total. The molecule has 1 aromatic carbocycles. The van der Waals surface area contributed by atoms with Crippen molar-refractivity contribution in [2.24, 2.45) is 0 Å². The van der Waals surface area contributed by atoms with Gasteiger partial charge in [0.15, 0.2) is 0 Å². The monoisotopic (exact) mass is 190 g/mol. The summed E-state index contributed by atoms with van der Waals surface area (Å²) in [6.45, 7) is 3.87. The van der Waals surface area contributed by atoms with Crippen molar-refractivity contribution < 1.29 is 9.84 Å². The van der Waals surface area contributed by atoms with Gasteiger partial charge in [0.05, 0.1) is 12.7 Å². The van der Waals surface area contributed by atoms with Gasteiger partial charge in [-0.25, -0.2) is 0 Å². The molecule has 0 fully saturated rings. The van der Waals surface area contributed by atoms with Gasteiger partial charge in [0.2, 0.25) is 0 Å². The lowest BCUT2D eigenvalue weighted by Crippen LogP contribution is -1.92. The van der Waals surface area contributed by atoms with E-state index in [9.17, 15) is 0 Å². The molecule has 2 heteroatoms. The van der Waals surface area contributed by atoms with Crippen LogP contribution in [0.4, 0.5) is 0 Å². The van der Waals surface area contributed by atoms with Gasteiger partial charge in [-0.05, 0) is 31.0 Å². The van der Waals surface area contributed by atoms with Crippen LogP contribution in [-0.4, -0.2) is 18.8 Å². The Balaban J connectivity index is 3.25. The topological polar surface area (TPSA) is 29.5 Å². The van der Waals surface area contributed by atoms with Gasteiger partial charge in [0, 0.05) is 0 Å². The summed E-state index contributed by atoms with van der Waals surface area (Å²) >= 11 is 0. The summed E-state index contributed by atoms with van der Waals surface area (Å²) in [6, 6.07) is 3.98. The third-order valence-electron chi connectivity index (χ3n) is 1.96. The van der Waals surface area contributed by atoms with Crippen LogP contribution in [0.25, 0.3) is 0 Å². The van der Waals surface area contributed by atoms with E-state index in [0.717, 1.165) is 22.4 Å². The average Bonchev–Trinajstić information content (AvgIpc) is 2.15. The lowest BCUT2D eigenvalue weighted by atomic mass is 10.0. The molecule has 0 heterocycles. The Morgan fingerprint density at radius 1 is 1.36 bits per heavy atom. The molecule has 0 aliphatic rings. The number of benzene rings is 1. The number of rotatable bonds is 1. The minimum Gasteiger partial charge on any atom is -0.495 e. The Labute approximate surface area is 84.5 Å². The van der Waals surface area contributed by atoms with Crippen LogP contribution in [0.1, 0.15) is 16.7 Å². The largest absolute Gasteiger partial charge is 0.495 e. The average molecular weight is 190 g/mol. The molecule has 74 valence electrons. The van der Waals surface area contributed by atoms with Crippen LogP contribution >= 0.6 is 0 Å². The molecule has 0 bridgehead atoms. The fraction of sp³-hybridized carbons (Fsp3) is 0.333. The highest BCUT2D eigenvalue weighted by atomic mass is 16.5. The van der Waals surface area contributed by atoms with Gasteiger partial charge in [0.25, 0.3) is 0 Å². The molecular formula is C12H14O2. The Morgan fingerprint density at radius 2 is 2.07 bits per heavy atom. The molecule has 14 heavy (non-hydrogen) atoms. The molecule has 0 spiro atoms. The summed E-state index contributed by atoms with van der Waals surface area (Å²) in [4.78, 5) is 0. The second-order valence-corrected chi connectivity index (χ2v) is 3.12. The number of aryl methyl sites for hydroxylation is 2. The first-order valence-corrected chi connectivity index (χ1v) is 4.44. The van der Waals surface area contributed by atoms with Crippen LogP contribution in [0.15, 0.2) is 12.1 Å². The lowest BCUT2D eigenvalue weighted by Gasteiger charge is -2.07. The van der Waals surface area contributed by atoms with E-state index in [1.165, 1.54) is 0 Å². The maximum Gasteiger partial charge on any atom is 0.135 e. The number of hydrogen-bond donors (Lipinski definition) is 1. The zero-order chi connectivity index (χ0) is 10.6.